The summed E-state index contributed by atoms with van der Waals surface area (Å²) in [4.78, 5) is 25.6. The van der Waals surface area contributed by atoms with Gasteiger partial charge in [-0.05, 0) is 61.2 Å². The largest absolute Gasteiger partial charge is 0.465 e. The minimum absolute atomic E-state index is 0.172. The molecule has 2 amide bonds. The molecule has 2 aromatic rings. The van der Waals surface area contributed by atoms with Crippen molar-refractivity contribution in [2.24, 2.45) is 0 Å². The van der Waals surface area contributed by atoms with Crippen molar-refractivity contribution in [1.82, 2.24) is 4.90 Å². The van der Waals surface area contributed by atoms with Gasteiger partial charge in [-0.15, -0.1) is 0 Å². The Bertz CT molecular complexity index is 767. The lowest BCUT2D eigenvalue weighted by atomic mass is 10.0. The number of hydrogen-bond donors (Lipinski definition) is 1. The highest BCUT2D eigenvalue weighted by atomic mass is 35.5. The second kappa shape index (κ2) is 8.41. The van der Waals surface area contributed by atoms with E-state index in [-0.39, 0.29) is 6.42 Å². The van der Waals surface area contributed by atoms with Crippen molar-refractivity contribution in [3.8, 4) is 0 Å². The molecule has 1 N–H and O–H groups in total. The molecule has 0 aliphatic carbocycles. The third-order valence-corrected chi connectivity index (χ3v) is 5.45. The van der Waals surface area contributed by atoms with Crippen LogP contribution in [0.3, 0.4) is 0 Å². The fraction of sp³-hybridized carbons (Fsp3) is 0.263. The Balaban J connectivity index is 2.10. The first-order valence-corrected chi connectivity index (χ1v) is 9.00. The maximum absolute atomic E-state index is 11.8. The summed E-state index contributed by atoms with van der Waals surface area (Å²) in [5.74, 6) is -0.401. The van der Waals surface area contributed by atoms with Crippen molar-refractivity contribution in [3.63, 3.8) is 0 Å². The lowest BCUT2D eigenvalue weighted by Crippen LogP contribution is -2.31. The zero-order valence-corrected chi connectivity index (χ0v) is 15.9. The normalized spacial score (nSPS) is 10.6. The molecule has 132 valence electrons. The highest BCUT2D eigenvalue weighted by Gasteiger charge is 2.15. The molecule has 0 fully saturated rings. The molecule has 0 aromatic heterocycles. The van der Waals surface area contributed by atoms with E-state index in [1.165, 1.54) is 11.9 Å². The fourth-order valence-corrected chi connectivity index (χ4v) is 3.57. The molecule has 4 nitrogen and oxygen atoms in total. The first kappa shape index (κ1) is 19.3. The summed E-state index contributed by atoms with van der Waals surface area (Å²) in [6, 6.07) is 11.8. The van der Waals surface area contributed by atoms with Crippen molar-refractivity contribution in [1.29, 1.82) is 0 Å². The monoisotopic (exact) mass is 377 g/mol. The van der Waals surface area contributed by atoms with Crippen LogP contribution in [-0.2, 0) is 11.2 Å². The highest BCUT2D eigenvalue weighted by molar-refractivity contribution is 7.99. The summed E-state index contributed by atoms with van der Waals surface area (Å²) < 4.78 is 0. The van der Waals surface area contributed by atoms with Crippen molar-refractivity contribution in [3.05, 3.63) is 58.1 Å². The van der Waals surface area contributed by atoms with Crippen LogP contribution >= 0.6 is 23.4 Å². The maximum atomic E-state index is 11.8. The van der Waals surface area contributed by atoms with Crippen LogP contribution in [0, 0.1) is 13.8 Å². The van der Waals surface area contributed by atoms with Gasteiger partial charge in [0.2, 0.25) is 5.91 Å². The minimum atomic E-state index is -1.23. The predicted octanol–water partition coefficient (Wildman–Crippen LogP) is 5.18. The summed E-state index contributed by atoms with van der Waals surface area (Å²) in [5, 5.41) is 9.54. The van der Waals surface area contributed by atoms with Crippen LogP contribution < -0.4 is 0 Å². The zero-order chi connectivity index (χ0) is 18.6. The lowest BCUT2D eigenvalue weighted by Gasteiger charge is -2.14. The molecule has 0 spiro atoms. The van der Waals surface area contributed by atoms with Gasteiger partial charge in [-0.25, -0.2) is 4.79 Å². The molecule has 0 bridgehead atoms. The van der Waals surface area contributed by atoms with Gasteiger partial charge < -0.3 is 5.11 Å². The summed E-state index contributed by atoms with van der Waals surface area (Å²) in [6.45, 7) is 4.08. The number of carboxylic acid groups (broad SMARTS) is 1. The Labute approximate surface area is 156 Å². The molecule has 6 heteroatoms. The molecule has 0 radical (unpaired) electrons. The third kappa shape index (κ3) is 5.25. The number of halogens is 1. The Morgan fingerprint density at radius 3 is 2.20 bits per heavy atom. The van der Waals surface area contributed by atoms with E-state index in [0.29, 0.717) is 11.4 Å². The van der Waals surface area contributed by atoms with Crippen LogP contribution in [0.2, 0.25) is 5.02 Å². The molecule has 2 rings (SSSR count). The van der Waals surface area contributed by atoms with Gasteiger partial charge in [-0.1, -0.05) is 35.5 Å². The van der Waals surface area contributed by atoms with Crippen molar-refractivity contribution < 1.29 is 14.7 Å². The Morgan fingerprint density at radius 2 is 1.68 bits per heavy atom. The number of aryl methyl sites for hydroxylation is 3. The summed E-state index contributed by atoms with van der Waals surface area (Å²) in [7, 11) is 1.27. The highest BCUT2D eigenvalue weighted by Crippen LogP contribution is 2.34. The van der Waals surface area contributed by atoms with Crippen LogP contribution in [0.25, 0.3) is 0 Å². The van der Waals surface area contributed by atoms with Gasteiger partial charge in [0.05, 0.1) is 0 Å². The molecule has 0 aliphatic rings. The minimum Gasteiger partial charge on any atom is -0.465 e. The van der Waals surface area contributed by atoms with Crippen molar-refractivity contribution in [2.45, 2.75) is 36.5 Å². The quantitative estimate of drug-likeness (QED) is 0.780. The van der Waals surface area contributed by atoms with E-state index < -0.39 is 12.0 Å². The Hall–Kier alpha value is -1.98. The standard InChI is InChI=1S/C19H20ClNO3S/c1-12-10-14(4-9-17(22)21(3)19(23)24)11-13(2)18(12)25-16-7-5-15(20)6-8-16/h5-8,10-11H,4,9H2,1-3H3,(H,23,24). The number of hydrogen-bond acceptors (Lipinski definition) is 3. The van der Waals surface area contributed by atoms with Gasteiger partial charge >= 0.3 is 6.09 Å². The molecule has 0 saturated heterocycles. The van der Waals surface area contributed by atoms with Gasteiger partial charge in [0.25, 0.3) is 0 Å². The van der Waals surface area contributed by atoms with Crippen LogP contribution in [-0.4, -0.2) is 29.1 Å². The second-order valence-electron chi connectivity index (χ2n) is 5.85. The second-order valence-corrected chi connectivity index (χ2v) is 7.37. The summed E-state index contributed by atoms with van der Waals surface area (Å²) in [5.41, 5.74) is 3.30. The Kier molecular flexibility index (Phi) is 6.51. The van der Waals surface area contributed by atoms with Gasteiger partial charge in [0.15, 0.2) is 0 Å². The average Bonchev–Trinajstić information content (AvgIpc) is 2.56. The topological polar surface area (TPSA) is 57.6 Å². The number of amides is 2. The van der Waals surface area contributed by atoms with E-state index in [0.717, 1.165) is 26.5 Å². The first-order valence-electron chi connectivity index (χ1n) is 7.81. The van der Waals surface area contributed by atoms with Crippen LogP contribution in [0.1, 0.15) is 23.1 Å². The van der Waals surface area contributed by atoms with E-state index in [4.69, 9.17) is 16.7 Å². The van der Waals surface area contributed by atoms with Gasteiger partial charge in [0.1, 0.15) is 0 Å². The average molecular weight is 378 g/mol. The van der Waals surface area contributed by atoms with Gasteiger partial charge in [0, 0.05) is 28.3 Å². The van der Waals surface area contributed by atoms with Crippen molar-refractivity contribution in [2.75, 3.05) is 7.05 Å². The SMILES string of the molecule is Cc1cc(CCC(=O)N(C)C(=O)O)cc(C)c1Sc1ccc(Cl)cc1. The molecule has 25 heavy (non-hydrogen) atoms. The van der Waals surface area contributed by atoms with Gasteiger partial charge in [-0.2, -0.15) is 0 Å². The predicted molar refractivity (Wildman–Crippen MR) is 101 cm³/mol. The third-order valence-electron chi connectivity index (χ3n) is 3.84. The molecule has 0 atom stereocenters. The van der Waals surface area contributed by atoms with E-state index >= 15 is 0 Å². The first-order chi connectivity index (χ1) is 11.8. The van der Waals surface area contributed by atoms with E-state index in [1.54, 1.807) is 11.8 Å². The summed E-state index contributed by atoms with van der Waals surface area (Å²) in [6.07, 6.45) is -0.540. The Morgan fingerprint density at radius 1 is 1.12 bits per heavy atom. The zero-order valence-electron chi connectivity index (χ0n) is 14.4. The van der Waals surface area contributed by atoms with E-state index in [2.05, 4.69) is 12.1 Å². The number of carbonyl (C=O) groups is 2. The lowest BCUT2D eigenvalue weighted by molar-refractivity contribution is -0.127. The van der Waals surface area contributed by atoms with Crippen LogP contribution in [0.15, 0.2) is 46.2 Å². The fourth-order valence-electron chi connectivity index (χ4n) is 2.49. The smallest absolute Gasteiger partial charge is 0.413 e. The number of nitrogens with zero attached hydrogens (tertiary/aromatic N) is 1. The molecular weight excluding hydrogens is 358 g/mol. The van der Waals surface area contributed by atoms with E-state index in [1.807, 2.05) is 38.1 Å². The molecule has 2 aromatic carbocycles. The number of imide groups is 1. The van der Waals surface area contributed by atoms with Crippen molar-refractivity contribution >= 4 is 35.4 Å². The molecular formula is C19H20ClNO3S. The molecule has 0 aliphatic heterocycles. The van der Waals surface area contributed by atoms with Crippen LogP contribution in [0.5, 0.6) is 0 Å². The molecule has 0 saturated carbocycles. The summed E-state index contributed by atoms with van der Waals surface area (Å²) >= 11 is 7.60. The molecule has 0 heterocycles. The maximum Gasteiger partial charge on any atom is 0.413 e. The number of carbonyl (C=O) groups excluding carboxylic acids is 1. The number of benzene rings is 2. The number of rotatable bonds is 5. The van der Waals surface area contributed by atoms with Crippen LogP contribution in [0.4, 0.5) is 4.79 Å². The molecule has 0 unspecified atom stereocenters. The van der Waals surface area contributed by atoms with E-state index in [9.17, 15) is 9.59 Å². The van der Waals surface area contributed by atoms with Gasteiger partial charge in [-0.3, -0.25) is 9.69 Å².